The largest absolute Gasteiger partial charge is 0.280 e. The third-order valence-electron chi connectivity index (χ3n) is 2.28. The van der Waals surface area contributed by atoms with Crippen molar-refractivity contribution in [2.75, 3.05) is 4.72 Å². The average molecular weight is 348 g/mol. The lowest BCUT2D eigenvalue weighted by Gasteiger charge is -2.09. The number of hydrogen-bond acceptors (Lipinski definition) is 2. The van der Waals surface area contributed by atoms with Gasteiger partial charge in [-0.3, -0.25) is 4.72 Å². The molecular weight excluding hydrogens is 340 g/mol. The Labute approximate surface area is 117 Å². The molecule has 0 heterocycles. The molecule has 0 fully saturated rings. The van der Waals surface area contributed by atoms with E-state index in [0.29, 0.717) is 6.07 Å². The van der Waals surface area contributed by atoms with Gasteiger partial charge in [0.1, 0.15) is 16.5 Å². The molecule has 2 aromatic rings. The summed E-state index contributed by atoms with van der Waals surface area (Å²) in [5, 5.41) is 0. The highest BCUT2D eigenvalue weighted by Gasteiger charge is 2.19. The third kappa shape index (κ3) is 3.30. The fourth-order valence-electron chi connectivity index (χ4n) is 1.41. The van der Waals surface area contributed by atoms with Gasteiger partial charge in [0.2, 0.25) is 0 Å². The van der Waals surface area contributed by atoms with Gasteiger partial charge in [-0.2, -0.15) is 0 Å². The molecule has 0 unspecified atom stereocenters. The van der Waals surface area contributed by atoms with E-state index in [1.54, 1.807) is 12.1 Å². The van der Waals surface area contributed by atoms with Crippen LogP contribution in [0.1, 0.15) is 0 Å². The van der Waals surface area contributed by atoms with Crippen LogP contribution in [0.2, 0.25) is 0 Å². The molecule has 0 aliphatic carbocycles. The van der Waals surface area contributed by atoms with Crippen LogP contribution < -0.4 is 4.72 Å². The summed E-state index contributed by atoms with van der Waals surface area (Å²) in [7, 11) is -4.16. The quantitative estimate of drug-likeness (QED) is 0.923. The van der Waals surface area contributed by atoms with Crippen molar-refractivity contribution in [3.05, 3.63) is 58.6 Å². The maximum Gasteiger partial charge on any atom is 0.264 e. The molecule has 0 radical (unpaired) electrons. The standard InChI is InChI=1S/C12H8BrF2NO2S/c13-8-1-4-10(5-2-8)16-19(17,18)12-7-9(14)3-6-11(12)15/h1-7,16H. The Hall–Kier alpha value is -1.47. The fraction of sp³-hybridized carbons (Fsp3) is 0. The van der Waals surface area contributed by atoms with Crippen molar-refractivity contribution in [1.82, 2.24) is 0 Å². The minimum Gasteiger partial charge on any atom is -0.280 e. The number of anilines is 1. The number of hydrogen-bond donors (Lipinski definition) is 1. The second-order valence-corrected chi connectivity index (χ2v) is 6.25. The zero-order chi connectivity index (χ0) is 14.0. The Morgan fingerprint density at radius 3 is 2.26 bits per heavy atom. The molecule has 1 N–H and O–H groups in total. The summed E-state index contributed by atoms with van der Waals surface area (Å²) in [5.74, 6) is -1.83. The molecule has 0 bridgehead atoms. The molecule has 0 saturated carbocycles. The molecule has 3 nitrogen and oxygen atoms in total. The molecule has 0 aliphatic heterocycles. The molecule has 2 aromatic carbocycles. The van der Waals surface area contributed by atoms with Crippen molar-refractivity contribution in [3.8, 4) is 0 Å². The highest BCUT2D eigenvalue weighted by atomic mass is 79.9. The molecule has 0 amide bonds. The fourth-order valence-corrected chi connectivity index (χ4v) is 2.82. The lowest BCUT2D eigenvalue weighted by molar-refractivity contribution is 0.555. The summed E-state index contributed by atoms with van der Waals surface area (Å²) >= 11 is 3.20. The zero-order valence-corrected chi connectivity index (χ0v) is 11.8. The van der Waals surface area contributed by atoms with Gasteiger partial charge in [-0.15, -0.1) is 0 Å². The molecule has 0 spiro atoms. The summed E-state index contributed by atoms with van der Waals surface area (Å²) in [6, 6.07) is 8.51. The first-order valence-corrected chi connectivity index (χ1v) is 7.39. The van der Waals surface area contributed by atoms with Crippen LogP contribution in [0.25, 0.3) is 0 Å². The first-order valence-electron chi connectivity index (χ1n) is 5.12. The molecule has 0 saturated heterocycles. The van der Waals surface area contributed by atoms with E-state index < -0.39 is 26.6 Å². The van der Waals surface area contributed by atoms with Crippen molar-refractivity contribution >= 4 is 31.6 Å². The van der Waals surface area contributed by atoms with Crippen LogP contribution in [-0.4, -0.2) is 8.42 Å². The van der Waals surface area contributed by atoms with Crippen molar-refractivity contribution in [2.45, 2.75) is 4.90 Å². The van der Waals surface area contributed by atoms with Gasteiger partial charge in [0.05, 0.1) is 0 Å². The summed E-state index contributed by atoms with van der Waals surface area (Å²) in [5.41, 5.74) is 0.256. The van der Waals surface area contributed by atoms with Gasteiger partial charge in [-0.1, -0.05) is 15.9 Å². The Bertz CT molecular complexity index is 702. The highest BCUT2D eigenvalue weighted by Crippen LogP contribution is 2.21. The molecule has 100 valence electrons. The molecule has 0 atom stereocenters. The van der Waals surface area contributed by atoms with E-state index in [-0.39, 0.29) is 5.69 Å². The van der Waals surface area contributed by atoms with Gasteiger partial charge < -0.3 is 0 Å². The minimum absolute atomic E-state index is 0.256. The maximum absolute atomic E-state index is 13.4. The second-order valence-electron chi connectivity index (χ2n) is 3.69. The smallest absolute Gasteiger partial charge is 0.264 e. The summed E-state index contributed by atoms with van der Waals surface area (Å²) in [4.78, 5) is -0.726. The Kier molecular flexibility index (Phi) is 3.86. The monoisotopic (exact) mass is 347 g/mol. The van der Waals surface area contributed by atoms with Crippen LogP contribution in [0.4, 0.5) is 14.5 Å². The van der Waals surface area contributed by atoms with Crippen LogP contribution >= 0.6 is 15.9 Å². The predicted octanol–water partition coefficient (Wildman–Crippen LogP) is 3.53. The van der Waals surface area contributed by atoms with Crippen LogP contribution in [0.15, 0.2) is 51.8 Å². The van der Waals surface area contributed by atoms with Crippen LogP contribution in [-0.2, 0) is 10.0 Å². The number of rotatable bonds is 3. The van der Waals surface area contributed by atoms with Crippen molar-refractivity contribution in [3.63, 3.8) is 0 Å². The first-order chi connectivity index (χ1) is 8.88. The van der Waals surface area contributed by atoms with Gasteiger partial charge in [-0.25, -0.2) is 17.2 Å². The van der Waals surface area contributed by atoms with Gasteiger partial charge in [0, 0.05) is 10.2 Å². The lowest BCUT2D eigenvalue weighted by atomic mass is 10.3. The average Bonchev–Trinajstić information content (AvgIpc) is 2.35. The van der Waals surface area contributed by atoms with Gasteiger partial charge in [-0.05, 0) is 42.5 Å². The van der Waals surface area contributed by atoms with E-state index in [9.17, 15) is 17.2 Å². The van der Waals surface area contributed by atoms with E-state index >= 15 is 0 Å². The second kappa shape index (κ2) is 5.26. The molecule has 2 rings (SSSR count). The molecule has 7 heteroatoms. The molecular formula is C12H8BrF2NO2S. The van der Waals surface area contributed by atoms with E-state index in [2.05, 4.69) is 20.7 Å². The van der Waals surface area contributed by atoms with Gasteiger partial charge in [0.15, 0.2) is 0 Å². The maximum atomic E-state index is 13.4. The molecule has 19 heavy (non-hydrogen) atoms. The molecule has 0 aliphatic rings. The Morgan fingerprint density at radius 1 is 1.00 bits per heavy atom. The van der Waals surface area contributed by atoms with E-state index in [4.69, 9.17) is 0 Å². The van der Waals surface area contributed by atoms with E-state index in [1.807, 2.05) is 0 Å². The summed E-state index contributed by atoms with van der Waals surface area (Å²) in [6.45, 7) is 0. The van der Waals surface area contributed by atoms with Crippen molar-refractivity contribution in [2.24, 2.45) is 0 Å². The van der Waals surface area contributed by atoms with Gasteiger partial charge in [0.25, 0.3) is 10.0 Å². The number of benzene rings is 2. The Balaban J connectivity index is 2.37. The number of sulfonamides is 1. The minimum atomic E-state index is -4.16. The van der Waals surface area contributed by atoms with Crippen LogP contribution in [0, 0.1) is 11.6 Å². The third-order valence-corrected chi connectivity index (χ3v) is 4.20. The van der Waals surface area contributed by atoms with Crippen molar-refractivity contribution in [1.29, 1.82) is 0 Å². The Morgan fingerprint density at radius 2 is 1.63 bits per heavy atom. The first kappa shape index (κ1) is 14.0. The lowest BCUT2D eigenvalue weighted by Crippen LogP contribution is -2.14. The highest BCUT2D eigenvalue weighted by molar-refractivity contribution is 9.10. The summed E-state index contributed by atoms with van der Waals surface area (Å²) < 4.78 is 53.2. The normalized spacial score (nSPS) is 11.3. The summed E-state index contributed by atoms with van der Waals surface area (Å²) in [6.07, 6.45) is 0. The van der Waals surface area contributed by atoms with E-state index in [0.717, 1.165) is 16.6 Å². The van der Waals surface area contributed by atoms with Crippen molar-refractivity contribution < 1.29 is 17.2 Å². The van der Waals surface area contributed by atoms with Crippen LogP contribution in [0.5, 0.6) is 0 Å². The number of nitrogens with one attached hydrogen (secondary N) is 1. The molecule has 0 aromatic heterocycles. The van der Waals surface area contributed by atoms with Crippen LogP contribution in [0.3, 0.4) is 0 Å². The van der Waals surface area contributed by atoms with E-state index in [1.165, 1.54) is 12.1 Å². The zero-order valence-electron chi connectivity index (χ0n) is 9.40. The predicted molar refractivity (Wildman–Crippen MR) is 71.3 cm³/mol. The van der Waals surface area contributed by atoms with Gasteiger partial charge >= 0.3 is 0 Å². The number of halogens is 3. The topological polar surface area (TPSA) is 46.2 Å². The SMILES string of the molecule is O=S(=O)(Nc1ccc(Br)cc1)c1cc(F)ccc1F.